The maximum atomic E-state index is 12.8. The topological polar surface area (TPSA) is 32.3 Å². The lowest BCUT2D eigenvalue weighted by Crippen LogP contribution is -2.46. The summed E-state index contributed by atoms with van der Waals surface area (Å²) in [6.45, 7) is 6.65. The Hall–Kier alpha value is -0.580. The van der Waals surface area contributed by atoms with Gasteiger partial charge in [-0.3, -0.25) is 4.79 Å². The Kier molecular flexibility index (Phi) is 4.54. The second-order valence-corrected chi connectivity index (χ2v) is 7.40. The number of carbonyl (C=O) groups excluding carboxylic acids is 1. The van der Waals surface area contributed by atoms with Crippen LogP contribution < -0.4 is 5.32 Å². The highest BCUT2D eigenvalue weighted by Gasteiger charge is 2.45. The molecule has 0 aliphatic carbocycles. The first-order valence-electron chi connectivity index (χ1n) is 6.66. The first-order chi connectivity index (χ1) is 8.95. The Morgan fingerprint density at radius 2 is 2.32 bits per heavy atom. The smallest absolute Gasteiger partial charge is 0.230 e. The van der Waals surface area contributed by atoms with Crippen LogP contribution in [0.3, 0.4) is 0 Å². The van der Waals surface area contributed by atoms with Gasteiger partial charge < -0.3 is 10.2 Å². The van der Waals surface area contributed by atoms with E-state index in [9.17, 15) is 4.79 Å². The lowest BCUT2D eigenvalue weighted by Gasteiger charge is -2.35. The van der Waals surface area contributed by atoms with Gasteiger partial charge in [0, 0.05) is 18.5 Å². The fourth-order valence-corrected chi connectivity index (χ4v) is 3.90. The molecule has 0 aromatic carbocycles. The highest BCUT2D eigenvalue weighted by atomic mass is 35.5. The van der Waals surface area contributed by atoms with Crippen molar-refractivity contribution in [1.82, 2.24) is 10.2 Å². The first-order valence-corrected chi connectivity index (χ1v) is 7.85. The SMILES string of the molecule is CC(C)C1(C(=O)N(C)Cc2ccc(Cl)s2)CCNC1. The summed E-state index contributed by atoms with van der Waals surface area (Å²) in [6, 6.07) is 3.88. The molecule has 1 aliphatic rings. The van der Waals surface area contributed by atoms with Crippen molar-refractivity contribution in [2.24, 2.45) is 11.3 Å². The van der Waals surface area contributed by atoms with Crippen LogP contribution in [0.4, 0.5) is 0 Å². The van der Waals surface area contributed by atoms with Crippen molar-refractivity contribution < 1.29 is 4.79 Å². The third-order valence-corrected chi connectivity index (χ3v) is 5.30. The third kappa shape index (κ3) is 2.96. The second-order valence-electron chi connectivity index (χ2n) is 5.60. The van der Waals surface area contributed by atoms with Gasteiger partial charge in [0.2, 0.25) is 5.91 Å². The van der Waals surface area contributed by atoms with Gasteiger partial charge in [-0.1, -0.05) is 25.4 Å². The number of rotatable bonds is 4. The molecule has 0 radical (unpaired) electrons. The van der Waals surface area contributed by atoms with Gasteiger partial charge in [-0.05, 0) is 31.0 Å². The van der Waals surface area contributed by atoms with E-state index in [2.05, 4.69) is 19.2 Å². The maximum absolute atomic E-state index is 12.8. The van der Waals surface area contributed by atoms with Crippen LogP contribution in [0.1, 0.15) is 25.1 Å². The van der Waals surface area contributed by atoms with Gasteiger partial charge in [-0.2, -0.15) is 0 Å². The van der Waals surface area contributed by atoms with E-state index in [1.54, 1.807) is 0 Å². The predicted molar refractivity (Wildman–Crippen MR) is 80.6 cm³/mol. The average Bonchev–Trinajstić information content (AvgIpc) is 2.98. The average molecular weight is 301 g/mol. The highest BCUT2D eigenvalue weighted by Crippen LogP contribution is 2.36. The molecule has 1 atom stereocenters. The first kappa shape index (κ1) is 14.8. The van der Waals surface area contributed by atoms with Crippen molar-refractivity contribution >= 4 is 28.8 Å². The van der Waals surface area contributed by atoms with Gasteiger partial charge in [-0.15, -0.1) is 11.3 Å². The molecule has 0 spiro atoms. The fraction of sp³-hybridized carbons (Fsp3) is 0.643. The van der Waals surface area contributed by atoms with Gasteiger partial charge in [0.15, 0.2) is 0 Å². The molecule has 106 valence electrons. The Balaban J connectivity index is 2.09. The van der Waals surface area contributed by atoms with Crippen molar-refractivity contribution in [3.05, 3.63) is 21.3 Å². The number of nitrogens with one attached hydrogen (secondary N) is 1. The Labute approximate surface area is 123 Å². The minimum absolute atomic E-state index is 0.240. The molecule has 0 saturated carbocycles. The van der Waals surface area contributed by atoms with Crippen molar-refractivity contribution in [3.63, 3.8) is 0 Å². The molecule has 1 aromatic heterocycles. The summed E-state index contributed by atoms with van der Waals surface area (Å²) in [6.07, 6.45) is 0.930. The van der Waals surface area contributed by atoms with Crippen LogP contribution in [0.5, 0.6) is 0 Å². The largest absolute Gasteiger partial charge is 0.340 e. The maximum Gasteiger partial charge on any atom is 0.230 e. The second kappa shape index (κ2) is 5.81. The van der Waals surface area contributed by atoms with Crippen LogP contribution in [0, 0.1) is 11.3 Å². The monoisotopic (exact) mass is 300 g/mol. The summed E-state index contributed by atoms with van der Waals surface area (Å²) in [5, 5.41) is 3.33. The minimum atomic E-state index is -0.240. The van der Waals surface area contributed by atoms with E-state index in [4.69, 9.17) is 11.6 Å². The Bertz CT molecular complexity index is 452. The number of hydrogen-bond acceptors (Lipinski definition) is 3. The van der Waals surface area contributed by atoms with E-state index in [1.165, 1.54) is 11.3 Å². The van der Waals surface area contributed by atoms with Crippen molar-refractivity contribution in [2.75, 3.05) is 20.1 Å². The van der Waals surface area contributed by atoms with Crippen LogP contribution in [0.15, 0.2) is 12.1 Å². The van der Waals surface area contributed by atoms with Crippen LogP contribution in [0.25, 0.3) is 0 Å². The van der Waals surface area contributed by atoms with Crippen molar-refractivity contribution in [3.8, 4) is 0 Å². The van der Waals surface area contributed by atoms with Crippen molar-refractivity contribution in [2.45, 2.75) is 26.8 Å². The molecule has 19 heavy (non-hydrogen) atoms. The standard InChI is InChI=1S/C14H21ClN2OS/c1-10(2)14(6-7-16-9-14)13(18)17(3)8-11-4-5-12(15)19-11/h4-5,10,16H,6-9H2,1-3H3. The Morgan fingerprint density at radius 3 is 2.79 bits per heavy atom. The molecule has 3 nitrogen and oxygen atoms in total. The van der Waals surface area contributed by atoms with Crippen molar-refractivity contribution in [1.29, 1.82) is 0 Å². The van der Waals surface area contributed by atoms with E-state index < -0.39 is 0 Å². The number of halogens is 1. The zero-order valence-electron chi connectivity index (χ0n) is 11.7. The Morgan fingerprint density at radius 1 is 1.58 bits per heavy atom. The molecule has 1 unspecified atom stereocenters. The van der Waals surface area contributed by atoms with Crippen LogP contribution in [-0.4, -0.2) is 30.9 Å². The molecular weight excluding hydrogens is 280 g/mol. The number of amides is 1. The molecule has 2 rings (SSSR count). The molecule has 1 aromatic rings. The summed E-state index contributed by atoms with van der Waals surface area (Å²) < 4.78 is 0.775. The minimum Gasteiger partial charge on any atom is -0.340 e. The van der Waals surface area contributed by atoms with E-state index in [0.29, 0.717) is 12.5 Å². The summed E-state index contributed by atoms with van der Waals surface area (Å²) in [7, 11) is 1.89. The van der Waals surface area contributed by atoms with Crippen LogP contribution in [-0.2, 0) is 11.3 Å². The lowest BCUT2D eigenvalue weighted by molar-refractivity contribution is -0.142. The molecule has 5 heteroatoms. The molecule has 1 aliphatic heterocycles. The number of hydrogen-bond donors (Lipinski definition) is 1. The van der Waals surface area contributed by atoms with E-state index in [-0.39, 0.29) is 11.3 Å². The quantitative estimate of drug-likeness (QED) is 0.927. The van der Waals surface area contributed by atoms with Gasteiger partial charge in [0.25, 0.3) is 0 Å². The molecule has 1 amide bonds. The number of carbonyl (C=O) groups is 1. The molecule has 1 N–H and O–H groups in total. The summed E-state index contributed by atoms with van der Waals surface area (Å²) >= 11 is 7.47. The summed E-state index contributed by atoms with van der Waals surface area (Å²) in [4.78, 5) is 15.8. The normalized spacial score (nSPS) is 23.0. The van der Waals surface area contributed by atoms with Gasteiger partial charge in [0.1, 0.15) is 0 Å². The van der Waals surface area contributed by atoms with Gasteiger partial charge in [-0.25, -0.2) is 0 Å². The summed E-state index contributed by atoms with van der Waals surface area (Å²) in [5.41, 5.74) is -0.240. The van der Waals surface area contributed by atoms with Gasteiger partial charge in [0.05, 0.1) is 16.3 Å². The number of thiophene rings is 1. The third-order valence-electron chi connectivity index (χ3n) is 4.09. The zero-order chi connectivity index (χ0) is 14.0. The van der Waals surface area contributed by atoms with Gasteiger partial charge >= 0.3 is 0 Å². The highest BCUT2D eigenvalue weighted by molar-refractivity contribution is 7.16. The predicted octanol–water partition coefficient (Wildman–Crippen LogP) is 3.00. The summed E-state index contributed by atoms with van der Waals surface area (Å²) in [5.74, 6) is 0.599. The zero-order valence-corrected chi connectivity index (χ0v) is 13.3. The van der Waals surface area contributed by atoms with E-state index in [0.717, 1.165) is 28.7 Å². The van der Waals surface area contributed by atoms with E-state index >= 15 is 0 Å². The van der Waals surface area contributed by atoms with E-state index in [1.807, 2.05) is 24.1 Å². The molecule has 0 bridgehead atoms. The molecular formula is C14H21ClN2OS. The molecule has 1 fully saturated rings. The fourth-order valence-electron chi connectivity index (χ4n) is 2.76. The van der Waals surface area contributed by atoms with Crippen LogP contribution >= 0.6 is 22.9 Å². The molecule has 1 saturated heterocycles. The molecule has 2 heterocycles. The lowest BCUT2D eigenvalue weighted by atomic mass is 9.75. The number of nitrogens with zero attached hydrogens (tertiary/aromatic N) is 1. The van der Waals surface area contributed by atoms with Crippen LogP contribution in [0.2, 0.25) is 4.34 Å².